The average molecular weight is 438 g/mol. The molecule has 0 saturated heterocycles. The maximum Gasteiger partial charge on any atom is 0.291 e. The number of rotatable bonds is 5. The van der Waals surface area contributed by atoms with Gasteiger partial charge in [0.05, 0.1) is 10.6 Å². The van der Waals surface area contributed by atoms with Crippen molar-refractivity contribution in [3.8, 4) is 0 Å². The molecule has 0 fully saturated rings. The van der Waals surface area contributed by atoms with E-state index >= 15 is 0 Å². The fourth-order valence-corrected chi connectivity index (χ4v) is 4.44. The second kappa shape index (κ2) is 8.39. The summed E-state index contributed by atoms with van der Waals surface area (Å²) < 4.78 is 30.9. The third-order valence-corrected chi connectivity index (χ3v) is 6.42. The quantitative estimate of drug-likeness (QED) is 0.585. The van der Waals surface area contributed by atoms with Crippen molar-refractivity contribution in [3.05, 3.63) is 82.8 Å². The van der Waals surface area contributed by atoms with Gasteiger partial charge in [-0.05, 0) is 51.0 Å². The van der Waals surface area contributed by atoms with Gasteiger partial charge in [-0.2, -0.15) is 18.4 Å². The van der Waals surface area contributed by atoms with Crippen molar-refractivity contribution in [2.75, 3.05) is 5.32 Å². The van der Waals surface area contributed by atoms with E-state index < -0.39 is 10.0 Å². The highest BCUT2D eigenvalue weighted by molar-refractivity contribution is 7.89. The lowest BCUT2D eigenvalue weighted by molar-refractivity contribution is 0.0994. The number of furan rings is 1. The first-order valence-corrected chi connectivity index (χ1v) is 11.5. The van der Waals surface area contributed by atoms with E-state index in [1.807, 2.05) is 31.2 Å². The fraction of sp³-hybridized carbons (Fsp3) is 0.217. The second-order valence-electron chi connectivity index (χ2n) is 7.49. The predicted octanol–water partition coefficient (Wildman–Crippen LogP) is 4.17. The number of anilines is 1. The molecule has 31 heavy (non-hydrogen) atoms. The van der Waals surface area contributed by atoms with Crippen molar-refractivity contribution in [2.24, 2.45) is 5.10 Å². The summed E-state index contributed by atoms with van der Waals surface area (Å²) in [5.74, 6) is 0.515. The predicted molar refractivity (Wildman–Crippen MR) is 119 cm³/mol. The molecule has 1 heterocycles. The number of hydrazone groups is 1. The van der Waals surface area contributed by atoms with Gasteiger partial charge >= 0.3 is 0 Å². The lowest BCUT2D eigenvalue weighted by atomic mass is 9.93. The van der Waals surface area contributed by atoms with Gasteiger partial charge in [-0.3, -0.25) is 4.79 Å². The number of fused-ring (bicyclic) bond motifs is 1. The number of carbonyl (C=O) groups excluding carboxylic acids is 1. The number of carbonyl (C=O) groups is 1. The Balaban J connectivity index is 1.60. The van der Waals surface area contributed by atoms with Crippen LogP contribution >= 0.6 is 0 Å². The van der Waals surface area contributed by atoms with Gasteiger partial charge in [0, 0.05) is 23.2 Å². The van der Waals surface area contributed by atoms with Crippen LogP contribution < -0.4 is 10.1 Å². The smallest absolute Gasteiger partial charge is 0.291 e. The highest BCUT2D eigenvalue weighted by Crippen LogP contribution is 2.30. The summed E-state index contributed by atoms with van der Waals surface area (Å²) in [6.45, 7) is 3.77. The van der Waals surface area contributed by atoms with Crippen molar-refractivity contribution < 1.29 is 17.6 Å². The molecular weight excluding hydrogens is 414 g/mol. The van der Waals surface area contributed by atoms with Crippen LogP contribution in [0.15, 0.2) is 69.0 Å². The van der Waals surface area contributed by atoms with Crippen molar-refractivity contribution in [3.63, 3.8) is 0 Å². The molecule has 7 nitrogen and oxygen atoms in total. The monoisotopic (exact) mass is 437 g/mol. The molecule has 2 N–H and O–H groups in total. The first-order chi connectivity index (χ1) is 14.8. The standard InChI is InChI=1S/C23H23N3O4S/c1-15-11-13-17(14-12-15)24-23(27)22-16(2)21-19(9-6-10-20(21)30-22)25-26-31(28,29)18-7-4-3-5-8-18/h3-5,7-8,11-14,26H,6,9-10H2,1-2H3,(H,24,27)/b25-19+. The second-order valence-corrected chi connectivity index (χ2v) is 9.16. The molecule has 0 radical (unpaired) electrons. The molecule has 1 aliphatic rings. The van der Waals surface area contributed by atoms with Crippen LogP contribution in [0.5, 0.6) is 0 Å². The number of sulfonamides is 1. The lowest BCUT2D eigenvalue weighted by Crippen LogP contribution is -2.22. The van der Waals surface area contributed by atoms with E-state index in [0.717, 1.165) is 12.0 Å². The van der Waals surface area contributed by atoms with E-state index in [1.54, 1.807) is 25.1 Å². The molecule has 0 atom stereocenters. The Bertz CT molecular complexity index is 1240. The van der Waals surface area contributed by atoms with E-state index in [0.29, 0.717) is 41.1 Å². The number of nitrogens with zero attached hydrogens (tertiary/aromatic N) is 1. The van der Waals surface area contributed by atoms with Crippen LogP contribution in [0.3, 0.4) is 0 Å². The van der Waals surface area contributed by atoms with E-state index in [4.69, 9.17) is 4.42 Å². The highest BCUT2D eigenvalue weighted by atomic mass is 32.2. The minimum Gasteiger partial charge on any atom is -0.455 e. The molecule has 0 bridgehead atoms. The largest absolute Gasteiger partial charge is 0.455 e. The van der Waals surface area contributed by atoms with Crippen molar-refractivity contribution in [1.82, 2.24) is 4.83 Å². The van der Waals surface area contributed by atoms with Gasteiger partial charge in [0.1, 0.15) is 5.76 Å². The van der Waals surface area contributed by atoms with Crippen LogP contribution in [-0.2, 0) is 16.4 Å². The molecule has 0 saturated carbocycles. The summed E-state index contributed by atoms with van der Waals surface area (Å²) in [7, 11) is -3.78. The maximum absolute atomic E-state index is 12.8. The van der Waals surface area contributed by atoms with Crippen molar-refractivity contribution >= 4 is 27.3 Å². The number of aryl methyl sites for hydroxylation is 2. The molecule has 4 rings (SSSR count). The van der Waals surface area contributed by atoms with E-state index in [-0.39, 0.29) is 16.6 Å². The van der Waals surface area contributed by atoms with Gasteiger partial charge in [0.15, 0.2) is 5.76 Å². The van der Waals surface area contributed by atoms with Crippen LogP contribution in [0.2, 0.25) is 0 Å². The zero-order valence-electron chi connectivity index (χ0n) is 17.3. The Morgan fingerprint density at radius 1 is 1.00 bits per heavy atom. The average Bonchev–Trinajstić information content (AvgIpc) is 3.12. The minimum atomic E-state index is -3.78. The topological polar surface area (TPSA) is 101 Å². The molecule has 1 amide bonds. The van der Waals surface area contributed by atoms with Crippen LogP contribution in [0.4, 0.5) is 5.69 Å². The summed E-state index contributed by atoms with van der Waals surface area (Å²) in [4.78, 5) is 15.2. The summed E-state index contributed by atoms with van der Waals surface area (Å²) in [6.07, 6.45) is 2.01. The van der Waals surface area contributed by atoms with E-state index in [2.05, 4.69) is 15.2 Å². The Hall–Kier alpha value is -3.39. The zero-order chi connectivity index (χ0) is 22.0. The van der Waals surface area contributed by atoms with Gasteiger partial charge in [-0.15, -0.1) is 0 Å². The third-order valence-electron chi connectivity index (χ3n) is 5.20. The van der Waals surface area contributed by atoms with Crippen molar-refractivity contribution in [1.29, 1.82) is 0 Å². The SMILES string of the molecule is Cc1ccc(NC(=O)c2oc3c(c2C)/C(=N/NS(=O)(=O)c2ccccc2)CCC3)cc1. The molecule has 2 aromatic carbocycles. The van der Waals surface area contributed by atoms with Crippen LogP contribution in [0.1, 0.15) is 45.8 Å². The summed E-state index contributed by atoms with van der Waals surface area (Å²) in [5, 5.41) is 7.03. The van der Waals surface area contributed by atoms with E-state index in [1.165, 1.54) is 12.1 Å². The Labute approximate surface area is 181 Å². The maximum atomic E-state index is 12.8. The van der Waals surface area contributed by atoms with Crippen LogP contribution in [0, 0.1) is 13.8 Å². The van der Waals surface area contributed by atoms with Gasteiger partial charge in [-0.25, -0.2) is 0 Å². The molecular formula is C23H23N3O4S. The molecule has 8 heteroatoms. The zero-order valence-corrected chi connectivity index (χ0v) is 18.1. The minimum absolute atomic E-state index is 0.137. The third kappa shape index (κ3) is 4.39. The van der Waals surface area contributed by atoms with Crippen LogP contribution in [0.25, 0.3) is 0 Å². The molecule has 3 aromatic rings. The van der Waals surface area contributed by atoms with Gasteiger partial charge in [0.25, 0.3) is 15.9 Å². The molecule has 0 aliphatic heterocycles. The number of nitrogens with one attached hydrogen (secondary N) is 2. The van der Waals surface area contributed by atoms with Crippen LogP contribution in [-0.4, -0.2) is 20.0 Å². The lowest BCUT2D eigenvalue weighted by Gasteiger charge is -2.14. The summed E-state index contributed by atoms with van der Waals surface area (Å²) in [5.41, 5.74) is 3.69. The number of hydrogen-bond donors (Lipinski definition) is 2. The Morgan fingerprint density at radius 2 is 1.71 bits per heavy atom. The first kappa shape index (κ1) is 20.9. The highest BCUT2D eigenvalue weighted by Gasteiger charge is 2.28. The molecule has 0 unspecified atom stereocenters. The first-order valence-electron chi connectivity index (χ1n) is 9.99. The number of amides is 1. The number of hydrogen-bond acceptors (Lipinski definition) is 5. The van der Waals surface area contributed by atoms with Gasteiger partial charge in [-0.1, -0.05) is 35.9 Å². The van der Waals surface area contributed by atoms with Gasteiger partial charge < -0.3 is 9.73 Å². The molecule has 1 aliphatic carbocycles. The van der Waals surface area contributed by atoms with Crippen molar-refractivity contribution in [2.45, 2.75) is 38.0 Å². The molecule has 0 spiro atoms. The fourth-order valence-electron chi connectivity index (χ4n) is 3.59. The van der Waals surface area contributed by atoms with E-state index in [9.17, 15) is 13.2 Å². The molecule has 160 valence electrons. The molecule has 1 aromatic heterocycles. The normalized spacial score (nSPS) is 14.8. The Morgan fingerprint density at radius 3 is 2.42 bits per heavy atom. The number of benzene rings is 2. The van der Waals surface area contributed by atoms with Gasteiger partial charge in [0.2, 0.25) is 0 Å². The summed E-state index contributed by atoms with van der Waals surface area (Å²) >= 11 is 0. The Kier molecular flexibility index (Phi) is 5.65. The summed E-state index contributed by atoms with van der Waals surface area (Å²) in [6, 6.07) is 15.6.